The molecule has 0 fully saturated rings. The van der Waals surface area contributed by atoms with Gasteiger partial charge in [0.1, 0.15) is 11.5 Å². The number of dihydropyridines is 1. The Morgan fingerprint density at radius 3 is 2.06 bits per heavy atom. The largest absolute Gasteiger partial charge is 0.497 e. The SMILES string of the molecule is CCOC(=O)C1=C(C)NC2=C(C(=O)C[C@@H](c3ccc(OC)cc3)C2)[C@H]1c1ccc(OC)cc1. The third-order valence-electron chi connectivity index (χ3n) is 6.36. The maximum Gasteiger partial charge on any atom is 0.336 e. The van der Waals surface area contributed by atoms with Crippen molar-refractivity contribution >= 4 is 11.8 Å². The quantitative estimate of drug-likeness (QED) is 0.651. The Morgan fingerprint density at radius 2 is 1.52 bits per heavy atom. The molecule has 4 rings (SSSR count). The highest BCUT2D eigenvalue weighted by molar-refractivity contribution is 6.04. The number of methoxy groups -OCH3 is 2. The van der Waals surface area contributed by atoms with Crippen LogP contribution in [0.25, 0.3) is 0 Å². The van der Waals surface area contributed by atoms with E-state index >= 15 is 0 Å². The van der Waals surface area contributed by atoms with Gasteiger partial charge in [-0.05, 0) is 61.6 Å². The maximum absolute atomic E-state index is 13.6. The summed E-state index contributed by atoms with van der Waals surface area (Å²) in [4.78, 5) is 26.5. The van der Waals surface area contributed by atoms with Gasteiger partial charge in [-0.25, -0.2) is 4.79 Å². The summed E-state index contributed by atoms with van der Waals surface area (Å²) in [5.74, 6) is 0.724. The number of benzene rings is 2. The van der Waals surface area contributed by atoms with E-state index in [-0.39, 0.29) is 18.3 Å². The van der Waals surface area contributed by atoms with Gasteiger partial charge in [0.05, 0.1) is 26.4 Å². The van der Waals surface area contributed by atoms with E-state index in [9.17, 15) is 9.59 Å². The highest BCUT2D eigenvalue weighted by Gasteiger charge is 2.41. The molecule has 1 heterocycles. The number of carbonyl (C=O) groups is 2. The van der Waals surface area contributed by atoms with Crippen molar-refractivity contribution in [2.75, 3.05) is 20.8 Å². The van der Waals surface area contributed by atoms with Crippen LogP contribution in [0.2, 0.25) is 0 Å². The molecule has 2 aromatic rings. The van der Waals surface area contributed by atoms with Crippen LogP contribution in [0, 0.1) is 0 Å². The van der Waals surface area contributed by atoms with E-state index in [1.807, 2.05) is 55.5 Å². The molecule has 0 unspecified atom stereocenters. The Kier molecular flexibility index (Phi) is 6.54. The van der Waals surface area contributed by atoms with E-state index < -0.39 is 11.9 Å². The zero-order valence-corrected chi connectivity index (χ0v) is 19.4. The number of hydrogen-bond acceptors (Lipinski definition) is 6. The van der Waals surface area contributed by atoms with E-state index in [1.165, 1.54) is 0 Å². The minimum absolute atomic E-state index is 0.0414. The van der Waals surface area contributed by atoms with Gasteiger partial charge in [0.25, 0.3) is 0 Å². The summed E-state index contributed by atoms with van der Waals surface area (Å²) in [5.41, 5.74) is 4.69. The van der Waals surface area contributed by atoms with Crippen molar-refractivity contribution in [3.63, 3.8) is 0 Å². The van der Waals surface area contributed by atoms with Crippen LogP contribution in [0.3, 0.4) is 0 Å². The zero-order chi connectivity index (χ0) is 23.5. The van der Waals surface area contributed by atoms with Crippen LogP contribution < -0.4 is 14.8 Å². The van der Waals surface area contributed by atoms with Crippen LogP contribution >= 0.6 is 0 Å². The number of ether oxygens (including phenoxy) is 3. The molecule has 6 heteroatoms. The van der Waals surface area contributed by atoms with Gasteiger partial charge in [0.2, 0.25) is 0 Å². The van der Waals surface area contributed by atoms with Crippen LogP contribution in [-0.2, 0) is 14.3 Å². The van der Waals surface area contributed by atoms with Crippen molar-refractivity contribution in [2.45, 2.75) is 38.5 Å². The van der Waals surface area contributed by atoms with Gasteiger partial charge in [0, 0.05) is 29.3 Å². The van der Waals surface area contributed by atoms with Crippen molar-refractivity contribution in [3.8, 4) is 11.5 Å². The third kappa shape index (κ3) is 4.38. The van der Waals surface area contributed by atoms with E-state index in [0.29, 0.717) is 24.0 Å². The average molecular weight is 448 g/mol. The molecular formula is C27H29NO5. The van der Waals surface area contributed by atoms with Gasteiger partial charge in [-0.15, -0.1) is 0 Å². The highest BCUT2D eigenvalue weighted by atomic mass is 16.5. The first-order valence-corrected chi connectivity index (χ1v) is 11.2. The van der Waals surface area contributed by atoms with Gasteiger partial charge in [-0.1, -0.05) is 24.3 Å². The van der Waals surface area contributed by atoms with E-state index in [2.05, 4.69) is 5.32 Å². The predicted octanol–water partition coefficient (Wildman–Crippen LogP) is 4.63. The van der Waals surface area contributed by atoms with Crippen LogP contribution in [0.5, 0.6) is 11.5 Å². The number of nitrogens with one attached hydrogen (secondary N) is 1. The minimum atomic E-state index is -0.476. The molecule has 1 aliphatic heterocycles. The summed E-state index contributed by atoms with van der Waals surface area (Å²) in [6, 6.07) is 15.4. The first-order chi connectivity index (χ1) is 16.0. The zero-order valence-electron chi connectivity index (χ0n) is 19.4. The Bertz CT molecular complexity index is 1110. The van der Waals surface area contributed by atoms with Crippen molar-refractivity contribution in [2.24, 2.45) is 0 Å². The Hall–Kier alpha value is -3.54. The number of carbonyl (C=O) groups excluding carboxylic acids is 2. The Morgan fingerprint density at radius 1 is 0.939 bits per heavy atom. The summed E-state index contributed by atoms with van der Waals surface area (Å²) in [7, 11) is 3.25. The van der Waals surface area contributed by atoms with Crippen molar-refractivity contribution < 1.29 is 23.8 Å². The second-order valence-electron chi connectivity index (χ2n) is 8.28. The fourth-order valence-electron chi connectivity index (χ4n) is 4.76. The van der Waals surface area contributed by atoms with Crippen molar-refractivity contribution in [1.82, 2.24) is 5.32 Å². The summed E-state index contributed by atoms with van der Waals surface area (Å²) < 4.78 is 15.9. The minimum Gasteiger partial charge on any atom is -0.497 e. The molecule has 172 valence electrons. The van der Waals surface area contributed by atoms with Crippen molar-refractivity contribution in [3.05, 3.63) is 82.2 Å². The third-order valence-corrected chi connectivity index (χ3v) is 6.36. The molecule has 2 aromatic carbocycles. The second kappa shape index (κ2) is 9.53. The number of rotatable bonds is 6. The second-order valence-corrected chi connectivity index (χ2v) is 8.28. The Labute approximate surface area is 194 Å². The lowest BCUT2D eigenvalue weighted by Crippen LogP contribution is -2.36. The van der Waals surface area contributed by atoms with Crippen LogP contribution in [0.15, 0.2) is 71.1 Å². The van der Waals surface area contributed by atoms with E-state index in [0.717, 1.165) is 34.0 Å². The van der Waals surface area contributed by atoms with Gasteiger partial charge in [0.15, 0.2) is 5.78 Å². The Balaban J connectivity index is 1.75. The van der Waals surface area contributed by atoms with E-state index in [4.69, 9.17) is 14.2 Å². The molecule has 6 nitrogen and oxygen atoms in total. The molecule has 0 amide bonds. The predicted molar refractivity (Wildman–Crippen MR) is 125 cm³/mol. The van der Waals surface area contributed by atoms with Gasteiger partial charge in [-0.2, -0.15) is 0 Å². The van der Waals surface area contributed by atoms with Gasteiger partial charge in [-0.3, -0.25) is 4.79 Å². The van der Waals surface area contributed by atoms with Gasteiger partial charge < -0.3 is 19.5 Å². The smallest absolute Gasteiger partial charge is 0.336 e. The molecule has 0 spiro atoms. The molecule has 1 aliphatic carbocycles. The summed E-state index contributed by atoms with van der Waals surface area (Å²) in [6.07, 6.45) is 1.07. The molecule has 0 saturated carbocycles. The van der Waals surface area contributed by atoms with Crippen LogP contribution in [0.1, 0.15) is 49.7 Å². The number of Topliss-reactive ketones (excluding diaryl/α,β-unsaturated/α-hetero) is 1. The molecule has 2 atom stereocenters. The fourth-order valence-corrected chi connectivity index (χ4v) is 4.76. The topological polar surface area (TPSA) is 73.9 Å². The molecule has 0 bridgehead atoms. The molecule has 2 aliphatic rings. The van der Waals surface area contributed by atoms with Crippen molar-refractivity contribution in [1.29, 1.82) is 0 Å². The summed E-state index contributed by atoms with van der Waals surface area (Å²) in [6.45, 7) is 3.92. The molecule has 33 heavy (non-hydrogen) atoms. The highest BCUT2D eigenvalue weighted by Crippen LogP contribution is 2.46. The molecular weight excluding hydrogens is 418 g/mol. The number of allylic oxidation sites excluding steroid dienone is 3. The fraction of sp³-hybridized carbons (Fsp3) is 0.333. The lowest BCUT2D eigenvalue weighted by Gasteiger charge is -2.36. The molecule has 1 N–H and O–H groups in total. The summed E-state index contributed by atoms with van der Waals surface area (Å²) >= 11 is 0. The normalized spacial score (nSPS) is 20.2. The lowest BCUT2D eigenvalue weighted by atomic mass is 9.71. The average Bonchev–Trinajstić information content (AvgIpc) is 2.83. The standard InChI is InChI=1S/C27H29NO5/c1-5-33-27(30)24-16(2)28-22-14-19(17-6-10-20(31-3)11-7-17)15-23(29)26(22)25(24)18-8-12-21(32-4)13-9-18/h6-13,19,25,28H,5,14-15H2,1-4H3/t19-,25-/m0/s1. The number of hydrogen-bond donors (Lipinski definition) is 1. The first kappa shape index (κ1) is 22.6. The first-order valence-electron chi connectivity index (χ1n) is 11.2. The molecule has 0 aromatic heterocycles. The monoisotopic (exact) mass is 447 g/mol. The number of ketones is 1. The molecule has 0 radical (unpaired) electrons. The van der Waals surface area contributed by atoms with Crippen LogP contribution in [0.4, 0.5) is 0 Å². The summed E-state index contributed by atoms with van der Waals surface area (Å²) in [5, 5.41) is 3.37. The van der Waals surface area contributed by atoms with Gasteiger partial charge >= 0.3 is 5.97 Å². The van der Waals surface area contributed by atoms with E-state index in [1.54, 1.807) is 21.1 Å². The maximum atomic E-state index is 13.6. The molecule has 0 saturated heterocycles. The lowest BCUT2D eigenvalue weighted by molar-refractivity contribution is -0.138. The van der Waals surface area contributed by atoms with Crippen LogP contribution in [-0.4, -0.2) is 32.6 Å². The number of esters is 1.